The second kappa shape index (κ2) is 14.5. The number of hydrogen-bond acceptors (Lipinski definition) is 13. The van der Waals surface area contributed by atoms with Gasteiger partial charge in [0.25, 0.3) is 0 Å². The van der Waals surface area contributed by atoms with Gasteiger partial charge in [-0.3, -0.25) is 4.79 Å². The van der Waals surface area contributed by atoms with Gasteiger partial charge in [0.05, 0.1) is 29.9 Å². The zero-order chi connectivity index (χ0) is 41.7. The van der Waals surface area contributed by atoms with Crippen molar-refractivity contribution in [1.82, 2.24) is 0 Å². The summed E-state index contributed by atoms with van der Waals surface area (Å²) in [6, 6.07) is 17.1. The zero-order valence-corrected chi connectivity index (χ0v) is 34.1. The van der Waals surface area contributed by atoms with Crippen LogP contribution < -0.4 is 0 Å². The summed E-state index contributed by atoms with van der Waals surface area (Å²) in [6.07, 6.45) is -1.57. The summed E-state index contributed by atoms with van der Waals surface area (Å²) < 4.78 is 47.1. The van der Waals surface area contributed by atoms with Crippen molar-refractivity contribution in [2.24, 2.45) is 35.5 Å². The van der Waals surface area contributed by atoms with E-state index in [0.717, 1.165) is 25.7 Å². The Morgan fingerprint density at radius 2 is 1.49 bits per heavy atom. The predicted octanol–water partition coefficient (Wildman–Crippen LogP) is 4.90. The van der Waals surface area contributed by atoms with Gasteiger partial charge in [-0.15, -0.1) is 0 Å². The minimum absolute atomic E-state index is 0.115. The van der Waals surface area contributed by atoms with Crippen molar-refractivity contribution in [3.05, 3.63) is 83.9 Å². The van der Waals surface area contributed by atoms with E-state index in [1.54, 1.807) is 60.7 Å². The summed E-state index contributed by atoms with van der Waals surface area (Å²) in [4.78, 5) is 40.9. The van der Waals surface area contributed by atoms with E-state index in [0.29, 0.717) is 24.0 Å². The van der Waals surface area contributed by atoms with Crippen LogP contribution in [0.15, 0.2) is 72.8 Å². The summed E-state index contributed by atoms with van der Waals surface area (Å²) in [6.45, 7) is 10.7. The molecule has 13 nitrogen and oxygen atoms in total. The van der Waals surface area contributed by atoms with Gasteiger partial charge in [-0.1, -0.05) is 82.5 Å². The third kappa shape index (κ3) is 5.78. The van der Waals surface area contributed by atoms with Gasteiger partial charge in [0.1, 0.15) is 41.2 Å². The molecule has 318 valence electrons. The summed E-state index contributed by atoms with van der Waals surface area (Å²) in [5.41, 5.74) is -5.79. The van der Waals surface area contributed by atoms with Crippen LogP contribution in [0.3, 0.4) is 0 Å². The average Bonchev–Trinajstić information content (AvgIpc) is 3.86. The minimum Gasteiger partial charge on any atom is -0.462 e. The Hall–Kier alpha value is -3.69. The molecule has 4 heterocycles. The Morgan fingerprint density at radius 1 is 0.847 bits per heavy atom. The van der Waals surface area contributed by atoms with Crippen LogP contribution in [-0.4, -0.2) is 105 Å². The maximum absolute atomic E-state index is 14.1. The topological polar surface area (TPSA) is 180 Å². The smallest absolute Gasteiger partial charge is 0.338 e. The first-order chi connectivity index (χ1) is 28.2. The lowest BCUT2D eigenvalue weighted by atomic mass is 9.51. The number of carbonyl (C=O) groups excluding carboxylic acids is 3. The van der Waals surface area contributed by atoms with E-state index in [1.807, 2.05) is 13.8 Å². The number of rotatable bonds is 8. The van der Waals surface area contributed by atoms with Crippen LogP contribution in [0.4, 0.5) is 0 Å². The van der Waals surface area contributed by atoms with Crippen molar-refractivity contribution in [2.75, 3.05) is 13.2 Å². The first kappa shape index (κ1) is 40.7. The maximum Gasteiger partial charge on any atom is 0.338 e. The molecule has 59 heavy (non-hydrogen) atoms. The van der Waals surface area contributed by atoms with Crippen molar-refractivity contribution in [3.8, 4) is 0 Å². The predicted molar refractivity (Wildman–Crippen MR) is 208 cm³/mol. The van der Waals surface area contributed by atoms with E-state index in [9.17, 15) is 29.7 Å². The Bertz CT molecular complexity index is 1980. The van der Waals surface area contributed by atoms with Crippen LogP contribution in [0, 0.1) is 35.5 Å². The van der Waals surface area contributed by atoms with Crippen molar-refractivity contribution >= 4 is 17.9 Å². The zero-order valence-electron chi connectivity index (χ0n) is 34.1. The van der Waals surface area contributed by atoms with Gasteiger partial charge in [0.2, 0.25) is 0 Å². The van der Waals surface area contributed by atoms with Crippen molar-refractivity contribution < 1.29 is 62.9 Å². The van der Waals surface area contributed by atoms with Crippen LogP contribution >= 0.6 is 0 Å². The molecule has 0 aromatic heterocycles. The molecule has 2 spiro atoms. The van der Waals surface area contributed by atoms with Crippen LogP contribution in [0.2, 0.25) is 0 Å². The molecular formula is C46H56O13. The molecule has 0 amide bonds. The Morgan fingerprint density at radius 3 is 2.12 bits per heavy atom. The highest BCUT2D eigenvalue weighted by Crippen LogP contribution is 2.76. The van der Waals surface area contributed by atoms with Crippen molar-refractivity contribution in [3.63, 3.8) is 0 Å². The third-order valence-corrected chi connectivity index (χ3v) is 15.2. The molecule has 2 aromatic carbocycles. The van der Waals surface area contributed by atoms with E-state index in [1.165, 1.54) is 6.92 Å². The van der Waals surface area contributed by atoms with Crippen LogP contribution in [-0.2, 0) is 38.0 Å². The van der Waals surface area contributed by atoms with Gasteiger partial charge in [-0.25, -0.2) is 9.59 Å². The number of esters is 3. The van der Waals surface area contributed by atoms with E-state index in [-0.39, 0.29) is 24.5 Å². The Kier molecular flexibility index (Phi) is 9.98. The van der Waals surface area contributed by atoms with Gasteiger partial charge in [-0.2, -0.15) is 0 Å². The highest BCUT2D eigenvalue weighted by atomic mass is 16.9. The third-order valence-electron chi connectivity index (χ3n) is 15.2. The van der Waals surface area contributed by atoms with Crippen molar-refractivity contribution in [2.45, 2.75) is 132 Å². The quantitative estimate of drug-likeness (QED) is 0.142. The number of fused-ring (bicyclic) bond motifs is 1. The number of aliphatic hydroxyl groups excluding tert-OH is 2. The molecule has 16 atom stereocenters. The molecule has 9 rings (SSSR count). The number of ether oxygens (including phenoxy) is 7. The van der Waals surface area contributed by atoms with Gasteiger partial charge >= 0.3 is 23.9 Å². The molecule has 3 bridgehead atoms. The molecule has 4 aliphatic heterocycles. The van der Waals surface area contributed by atoms with E-state index in [2.05, 4.69) is 13.5 Å². The summed E-state index contributed by atoms with van der Waals surface area (Å²) >= 11 is 0. The fraction of sp³-hybridized carbons (Fsp3) is 0.630. The fourth-order valence-corrected chi connectivity index (χ4v) is 12.7. The number of benzene rings is 2. The SMILES string of the molecule is C=C(C)[C@]12C[C@@H](COC(=O)c3ccccc3)[C@@]34OC5(O[C@@H]1C3[C@@H]1O[C@]1(CO)[C@@H](O)[C@@]1(O)C4C([C@H](C)CCCCCC[C@H]5OC(C)=O)[C@H](C)[C@@H]1OC(=O)c1ccccc1)O2. The molecular weight excluding hydrogens is 760 g/mol. The average molecular weight is 817 g/mol. The Balaban J connectivity index is 1.30. The minimum atomic E-state index is -2.31. The van der Waals surface area contributed by atoms with Crippen molar-refractivity contribution in [1.29, 1.82) is 0 Å². The molecule has 7 fully saturated rings. The van der Waals surface area contributed by atoms with E-state index < -0.39 is 113 Å². The maximum atomic E-state index is 14.1. The van der Waals surface area contributed by atoms with Crippen LogP contribution in [0.1, 0.15) is 93.4 Å². The second-order valence-electron chi connectivity index (χ2n) is 18.4. The van der Waals surface area contributed by atoms with Gasteiger partial charge in [0, 0.05) is 24.7 Å². The number of aliphatic hydroxyl groups is 3. The molecule has 0 radical (unpaired) electrons. The Labute approximate surface area is 344 Å². The molecule has 2 aromatic rings. The lowest BCUT2D eigenvalue weighted by Crippen LogP contribution is -2.75. The largest absolute Gasteiger partial charge is 0.462 e. The lowest BCUT2D eigenvalue weighted by molar-refractivity contribution is -0.459. The first-order valence-electron chi connectivity index (χ1n) is 21.3. The number of carbonyl (C=O) groups is 3. The highest BCUT2D eigenvalue weighted by Gasteiger charge is 2.91. The molecule has 4 unspecified atom stereocenters. The summed E-state index contributed by atoms with van der Waals surface area (Å²) in [5.74, 6) is -7.71. The van der Waals surface area contributed by atoms with Crippen LogP contribution in [0.25, 0.3) is 0 Å². The van der Waals surface area contributed by atoms with E-state index in [4.69, 9.17) is 33.2 Å². The molecule has 7 aliphatic rings. The van der Waals surface area contributed by atoms with Gasteiger partial charge < -0.3 is 48.5 Å². The molecule has 3 aliphatic carbocycles. The first-order valence-corrected chi connectivity index (χ1v) is 21.3. The molecule has 4 saturated heterocycles. The number of epoxide rings is 1. The molecule has 3 N–H and O–H groups in total. The monoisotopic (exact) mass is 816 g/mol. The lowest BCUT2D eigenvalue weighted by Gasteiger charge is -2.62. The molecule has 13 heteroatoms. The highest BCUT2D eigenvalue weighted by molar-refractivity contribution is 5.90. The van der Waals surface area contributed by atoms with Gasteiger partial charge in [-0.05, 0) is 73.8 Å². The fourth-order valence-electron chi connectivity index (χ4n) is 12.7. The second-order valence-corrected chi connectivity index (χ2v) is 18.4. The molecule has 3 saturated carbocycles. The normalized spacial score (nSPS) is 45.4. The van der Waals surface area contributed by atoms with Gasteiger partial charge in [0.15, 0.2) is 6.10 Å². The van der Waals surface area contributed by atoms with E-state index >= 15 is 0 Å². The summed E-state index contributed by atoms with van der Waals surface area (Å²) in [7, 11) is 0. The summed E-state index contributed by atoms with van der Waals surface area (Å²) in [5, 5.41) is 38.2. The standard InChI is InChI=1S/C46H56O13/c1-25(2)42-22-31(23-53-39(49)29-17-11-8-12-18-29)45-34-37(42)57-46(58-42,59-45)32(54-28(5)48)21-15-7-6-10-16-26(3)33-27(4)36(55-40(50)30-19-13-9-14-20-30)44(52,35(33)45)41(51)43(24-47)38(34)56-43/h8-9,11-14,17-20,26-27,31-38,41,47,51-52H,1,6-7,10,15-16,21-24H2,2-5H3/t26-,27+,31+,32-,33?,34?,35?,36+,37-,38+,41-,42-,43+,44-,45-,46?/m1/s1. The number of hydrogen-bond donors (Lipinski definition) is 3. The van der Waals surface area contributed by atoms with Crippen LogP contribution in [0.5, 0.6) is 0 Å².